The van der Waals surface area contributed by atoms with Gasteiger partial charge in [0.1, 0.15) is 6.61 Å². The summed E-state index contributed by atoms with van der Waals surface area (Å²) in [5.41, 5.74) is 5.41. The summed E-state index contributed by atoms with van der Waals surface area (Å²) in [5.74, 6) is -0.797. The first-order valence-electron chi connectivity index (χ1n) is 38.2. The molecule has 0 aromatic rings. The van der Waals surface area contributed by atoms with E-state index in [1.807, 2.05) is 0 Å². The smallest absolute Gasteiger partial charge is 0.462 e. The van der Waals surface area contributed by atoms with Crippen molar-refractivity contribution in [2.24, 2.45) is 5.73 Å². The largest absolute Gasteiger partial charge is 0.472 e. The summed E-state index contributed by atoms with van der Waals surface area (Å²) in [6.07, 6.45) is 87.7. The van der Waals surface area contributed by atoms with E-state index in [0.29, 0.717) is 6.42 Å². The van der Waals surface area contributed by atoms with E-state index in [9.17, 15) is 19.0 Å². The minimum absolute atomic E-state index is 0.0580. The Bertz CT molecular complexity index is 1400. The highest BCUT2D eigenvalue weighted by atomic mass is 31.2. The molecule has 85 heavy (non-hydrogen) atoms. The molecule has 3 N–H and O–H groups in total. The first-order valence-corrected chi connectivity index (χ1v) is 39.7. The molecule has 0 bridgehead atoms. The van der Waals surface area contributed by atoms with Gasteiger partial charge in [-0.15, -0.1) is 0 Å². The number of hydrogen-bond acceptors (Lipinski definition) is 8. The molecule has 0 aromatic carbocycles. The summed E-state index contributed by atoms with van der Waals surface area (Å²) in [6.45, 7) is 3.84. The molecule has 0 aromatic heterocycles. The molecule has 0 aliphatic heterocycles. The van der Waals surface area contributed by atoms with Gasteiger partial charge in [0.05, 0.1) is 13.2 Å². The molecule has 0 spiro atoms. The van der Waals surface area contributed by atoms with Crippen LogP contribution in [0.3, 0.4) is 0 Å². The molecular weight excluding hydrogens is 1070 g/mol. The minimum Gasteiger partial charge on any atom is -0.462 e. The van der Waals surface area contributed by atoms with Gasteiger partial charge in [0.15, 0.2) is 6.10 Å². The van der Waals surface area contributed by atoms with Gasteiger partial charge in [0.2, 0.25) is 0 Å². The topological polar surface area (TPSA) is 134 Å². The molecule has 0 saturated heterocycles. The highest BCUT2D eigenvalue weighted by molar-refractivity contribution is 7.47. The number of hydrogen-bond donors (Lipinski definition) is 2. The Hall–Kier alpha value is -1.25. The fraction of sp³-hybridized carbons (Fsp3) is 0.947. The first kappa shape index (κ1) is 83.8. The maximum Gasteiger partial charge on any atom is 0.472 e. The van der Waals surface area contributed by atoms with E-state index in [1.54, 1.807) is 0 Å². The molecule has 0 aliphatic carbocycles. The molecular formula is C75H148NO8P. The predicted octanol–water partition coefficient (Wildman–Crippen LogP) is 25.1. The van der Waals surface area contributed by atoms with Crippen LogP contribution in [0, 0.1) is 0 Å². The van der Waals surface area contributed by atoms with Crippen LogP contribution in [0.1, 0.15) is 425 Å². The molecule has 0 fully saturated rings. The molecule has 2 atom stereocenters. The maximum absolute atomic E-state index is 12.8. The Morgan fingerprint density at radius 3 is 0.835 bits per heavy atom. The summed E-state index contributed by atoms with van der Waals surface area (Å²) in [5, 5.41) is 0. The zero-order valence-corrected chi connectivity index (χ0v) is 58.0. The molecule has 0 saturated carbocycles. The Kier molecular flexibility index (Phi) is 70.8. The van der Waals surface area contributed by atoms with Crippen molar-refractivity contribution in [1.29, 1.82) is 0 Å². The van der Waals surface area contributed by atoms with Crippen LogP contribution in [0.2, 0.25) is 0 Å². The van der Waals surface area contributed by atoms with Crippen molar-refractivity contribution in [3.05, 3.63) is 12.2 Å². The van der Waals surface area contributed by atoms with E-state index in [2.05, 4.69) is 26.0 Å². The third-order valence-corrected chi connectivity index (χ3v) is 18.6. The van der Waals surface area contributed by atoms with Crippen molar-refractivity contribution < 1.29 is 37.6 Å². The van der Waals surface area contributed by atoms with Crippen molar-refractivity contribution in [2.75, 3.05) is 26.4 Å². The lowest BCUT2D eigenvalue weighted by Crippen LogP contribution is -2.29. The Balaban J connectivity index is 3.76. The second-order valence-electron chi connectivity index (χ2n) is 26.2. The minimum atomic E-state index is -4.39. The third kappa shape index (κ3) is 71.7. The number of nitrogens with two attached hydrogens (primary N) is 1. The number of esters is 2. The highest BCUT2D eigenvalue weighted by Crippen LogP contribution is 2.43. The van der Waals surface area contributed by atoms with E-state index in [-0.39, 0.29) is 38.6 Å². The number of phosphoric acid groups is 1. The molecule has 0 aliphatic rings. The van der Waals surface area contributed by atoms with E-state index in [1.165, 1.54) is 360 Å². The van der Waals surface area contributed by atoms with E-state index in [0.717, 1.165) is 32.1 Å². The van der Waals surface area contributed by atoms with Gasteiger partial charge in [0, 0.05) is 19.4 Å². The van der Waals surface area contributed by atoms with Gasteiger partial charge in [-0.2, -0.15) is 0 Å². The van der Waals surface area contributed by atoms with Crippen molar-refractivity contribution in [3.63, 3.8) is 0 Å². The SMILES string of the molecule is CCCCCCCCCC/C=C\CCCCCCCCCCCCCCCCCCCCCCCC(=O)OC(COC(=O)CCCCCCCCCCCCCCCCCCCCCCCCCCCCCCCCC)COP(=O)(O)OCCN. The van der Waals surface area contributed by atoms with Crippen LogP contribution in [-0.2, 0) is 32.7 Å². The number of allylic oxidation sites excluding steroid dienone is 2. The average Bonchev–Trinajstić information content (AvgIpc) is 3.52. The van der Waals surface area contributed by atoms with Crippen LogP contribution in [-0.4, -0.2) is 49.3 Å². The van der Waals surface area contributed by atoms with Crippen molar-refractivity contribution in [2.45, 2.75) is 431 Å². The number of carbonyl (C=O) groups excluding carboxylic acids is 2. The van der Waals surface area contributed by atoms with Gasteiger partial charge < -0.3 is 20.1 Å². The third-order valence-electron chi connectivity index (χ3n) is 17.7. The van der Waals surface area contributed by atoms with Gasteiger partial charge in [-0.1, -0.05) is 386 Å². The van der Waals surface area contributed by atoms with Crippen LogP contribution in [0.25, 0.3) is 0 Å². The Morgan fingerprint density at radius 1 is 0.341 bits per heavy atom. The molecule has 506 valence electrons. The van der Waals surface area contributed by atoms with Crippen LogP contribution >= 0.6 is 7.82 Å². The fourth-order valence-corrected chi connectivity index (χ4v) is 12.8. The summed E-state index contributed by atoms with van der Waals surface area (Å²) in [6, 6.07) is 0. The molecule has 0 rings (SSSR count). The van der Waals surface area contributed by atoms with Crippen LogP contribution in [0.4, 0.5) is 0 Å². The van der Waals surface area contributed by atoms with Crippen LogP contribution in [0.5, 0.6) is 0 Å². The lowest BCUT2D eigenvalue weighted by atomic mass is 10.0. The number of carbonyl (C=O) groups is 2. The van der Waals surface area contributed by atoms with Crippen LogP contribution in [0.15, 0.2) is 12.2 Å². The number of phosphoric ester groups is 1. The van der Waals surface area contributed by atoms with Crippen LogP contribution < -0.4 is 5.73 Å². The maximum atomic E-state index is 12.8. The number of ether oxygens (including phenoxy) is 2. The lowest BCUT2D eigenvalue weighted by Gasteiger charge is -2.19. The molecule has 0 heterocycles. The van der Waals surface area contributed by atoms with E-state index in [4.69, 9.17) is 24.3 Å². The standard InChI is InChI=1S/C75H148NO8P/c1-3-5-7-9-11-13-15-17-19-21-23-25-27-29-31-33-35-36-38-40-42-44-46-48-50-52-54-56-58-60-62-64-66-68-75(78)84-73(72-83-85(79,80)82-70-69-76)71-81-74(77)67-65-63-61-59-57-55-53-51-49-47-45-43-41-39-37-34-32-30-28-26-24-22-20-18-16-14-12-10-8-6-4-2/h21,23,73H,3-20,22,24-72,76H2,1-2H3,(H,79,80)/b23-21-. The predicted molar refractivity (Wildman–Crippen MR) is 368 cm³/mol. The average molecular weight is 1220 g/mol. The number of unbranched alkanes of at least 4 members (excludes halogenated alkanes) is 59. The Labute approximate surface area is 530 Å². The van der Waals surface area contributed by atoms with Gasteiger partial charge >= 0.3 is 19.8 Å². The molecule has 10 heteroatoms. The molecule has 0 amide bonds. The van der Waals surface area contributed by atoms with Crippen molar-refractivity contribution >= 4 is 19.8 Å². The second kappa shape index (κ2) is 71.8. The molecule has 9 nitrogen and oxygen atoms in total. The Morgan fingerprint density at radius 2 is 0.576 bits per heavy atom. The molecule has 2 unspecified atom stereocenters. The summed E-state index contributed by atoms with van der Waals surface area (Å²) >= 11 is 0. The van der Waals surface area contributed by atoms with Gasteiger partial charge in [0.25, 0.3) is 0 Å². The molecule has 0 radical (unpaired) electrons. The van der Waals surface area contributed by atoms with Gasteiger partial charge in [-0.3, -0.25) is 18.6 Å². The van der Waals surface area contributed by atoms with E-state index < -0.39 is 26.5 Å². The summed E-state index contributed by atoms with van der Waals surface area (Å²) in [7, 11) is -4.39. The second-order valence-corrected chi connectivity index (χ2v) is 27.7. The monoisotopic (exact) mass is 1220 g/mol. The lowest BCUT2D eigenvalue weighted by molar-refractivity contribution is -0.161. The first-order chi connectivity index (χ1) is 41.8. The van der Waals surface area contributed by atoms with Gasteiger partial charge in [-0.25, -0.2) is 4.57 Å². The summed E-state index contributed by atoms with van der Waals surface area (Å²) < 4.78 is 33.3. The number of rotatable bonds is 74. The van der Waals surface area contributed by atoms with Gasteiger partial charge in [-0.05, 0) is 38.5 Å². The zero-order chi connectivity index (χ0) is 61.6. The van der Waals surface area contributed by atoms with Crippen molar-refractivity contribution in [1.82, 2.24) is 0 Å². The summed E-state index contributed by atoms with van der Waals surface area (Å²) in [4.78, 5) is 35.4. The highest BCUT2D eigenvalue weighted by Gasteiger charge is 2.26. The zero-order valence-electron chi connectivity index (χ0n) is 57.1. The van der Waals surface area contributed by atoms with Crippen molar-refractivity contribution in [3.8, 4) is 0 Å². The van der Waals surface area contributed by atoms with E-state index >= 15 is 0 Å². The quantitative estimate of drug-likeness (QED) is 0.0264. The normalized spacial score (nSPS) is 12.8. The fourth-order valence-electron chi connectivity index (χ4n) is 12.0.